The molecule has 0 atom stereocenters. The molecule has 132 valence electrons. The molecule has 0 bridgehead atoms. The Labute approximate surface area is 157 Å². The molecular formula is C17H15N5O2S2. The van der Waals surface area contributed by atoms with Crippen LogP contribution >= 0.6 is 23.6 Å². The van der Waals surface area contributed by atoms with E-state index in [9.17, 15) is 9.59 Å². The minimum atomic E-state index is -0.306. The summed E-state index contributed by atoms with van der Waals surface area (Å²) in [6.45, 7) is 3.96. The van der Waals surface area contributed by atoms with E-state index < -0.39 is 0 Å². The van der Waals surface area contributed by atoms with Crippen molar-refractivity contribution in [1.82, 2.24) is 19.7 Å². The molecule has 1 aliphatic rings. The first-order valence-electron chi connectivity index (χ1n) is 8.09. The second kappa shape index (κ2) is 6.58. The van der Waals surface area contributed by atoms with Gasteiger partial charge < -0.3 is 4.98 Å². The highest BCUT2D eigenvalue weighted by Crippen LogP contribution is 2.42. The third kappa shape index (κ3) is 3.11. The molecule has 1 aliphatic carbocycles. The maximum Gasteiger partial charge on any atom is 0.262 e. The number of nitrogens with zero attached hydrogens (tertiary/aromatic N) is 3. The van der Waals surface area contributed by atoms with Gasteiger partial charge >= 0.3 is 0 Å². The van der Waals surface area contributed by atoms with Crippen LogP contribution in [0.5, 0.6) is 0 Å². The molecule has 26 heavy (non-hydrogen) atoms. The molecule has 0 radical (unpaired) electrons. The Balaban J connectivity index is 1.64. The average Bonchev–Trinajstić information content (AvgIpc) is 3.38. The van der Waals surface area contributed by atoms with E-state index in [0.29, 0.717) is 34.1 Å². The number of anilines is 1. The van der Waals surface area contributed by atoms with Crippen molar-refractivity contribution in [2.45, 2.75) is 25.3 Å². The van der Waals surface area contributed by atoms with Gasteiger partial charge in [0.25, 0.3) is 11.5 Å². The largest absolute Gasteiger partial charge is 0.332 e. The zero-order chi connectivity index (χ0) is 18.3. The van der Waals surface area contributed by atoms with Gasteiger partial charge in [-0.2, -0.15) is 0 Å². The molecule has 0 saturated heterocycles. The number of aromatic nitrogens is 4. The van der Waals surface area contributed by atoms with Crippen molar-refractivity contribution in [3.63, 3.8) is 0 Å². The molecule has 1 fully saturated rings. The molecule has 3 aromatic rings. The van der Waals surface area contributed by atoms with Crippen molar-refractivity contribution >= 4 is 45.5 Å². The van der Waals surface area contributed by atoms with Crippen molar-refractivity contribution in [3.8, 4) is 0 Å². The molecule has 7 nitrogen and oxygen atoms in total. The van der Waals surface area contributed by atoms with E-state index in [-0.39, 0.29) is 16.2 Å². The zero-order valence-electron chi connectivity index (χ0n) is 13.7. The number of hydrogen-bond acceptors (Lipinski definition) is 6. The summed E-state index contributed by atoms with van der Waals surface area (Å²) >= 11 is 6.62. The van der Waals surface area contributed by atoms with Crippen LogP contribution in [0, 0.1) is 4.77 Å². The van der Waals surface area contributed by atoms with Crippen LogP contribution in [0.4, 0.5) is 5.13 Å². The molecule has 2 aromatic heterocycles. The van der Waals surface area contributed by atoms with Gasteiger partial charge in [-0.25, -0.2) is 0 Å². The molecule has 0 unspecified atom stereocenters. The fourth-order valence-electron chi connectivity index (χ4n) is 2.64. The summed E-state index contributed by atoms with van der Waals surface area (Å²) in [5.74, 6) is 0.191. The summed E-state index contributed by atoms with van der Waals surface area (Å²) in [6, 6.07) is 4.84. The van der Waals surface area contributed by atoms with E-state index in [1.54, 1.807) is 24.3 Å². The summed E-state index contributed by atoms with van der Waals surface area (Å²) in [7, 11) is 0. The molecule has 2 N–H and O–H groups in total. The van der Waals surface area contributed by atoms with Gasteiger partial charge in [0.05, 0.1) is 10.9 Å². The minimum Gasteiger partial charge on any atom is -0.332 e. The van der Waals surface area contributed by atoms with E-state index >= 15 is 0 Å². The Bertz CT molecular complexity index is 1140. The predicted octanol–water partition coefficient (Wildman–Crippen LogP) is 3.23. The second-order valence-electron chi connectivity index (χ2n) is 6.07. The van der Waals surface area contributed by atoms with Gasteiger partial charge in [0.15, 0.2) is 4.77 Å². The van der Waals surface area contributed by atoms with Crippen LogP contribution in [0.2, 0.25) is 0 Å². The number of carbonyl (C=O) groups is 1. The number of allylic oxidation sites excluding steroid dienone is 1. The Morgan fingerprint density at radius 2 is 2.27 bits per heavy atom. The lowest BCUT2D eigenvalue weighted by Crippen LogP contribution is -2.22. The Morgan fingerprint density at radius 1 is 1.46 bits per heavy atom. The van der Waals surface area contributed by atoms with Gasteiger partial charge in [-0.3, -0.25) is 19.5 Å². The number of carbonyl (C=O) groups excluding carboxylic acids is 1. The number of H-pyrrole nitrogens is 1. The van der Waals surface area contributed by atoms with Crippen molar-refractivity contribution in [2.24, 2.45) is 0 Å². The third-order valence-electron chi connectivity index (χ3n) is 4.14. The van der Waals surface area contributed by atoms with Gasteiger partial charge in [-0.05, 0) is 43.3 Å². The van der Waals surface area contributed by atoms with Crippen LogP contribution in [0.15, 0.2) is 35.6 Å². The summed E-state index contributed by atoms with van der Waals surface area (Å²) < 4.78 is 1.71. The average molecular weight is 385 g/mol. The van der Waals surface area contributed by atoms with Gasteiger partial charge in [0, 0.05) is 18.0 Å². The number of amides is 1. The summed E-state index contributed by atoms with van der Waals surface area (Å²) in [6.07, 6.45) is 3.88. The number of fused-ring (bicyclic) bond motifs is 1. The van der Waals surface area contributed by atoms with Crippen LogP contribution in [0.1, 0.15) is 34.1 Å². The fourth-order valence-corrected chi connectivity index (χ4v) is 3.82. The Morgan fingerprint density at radius 3 is 3.00 bits per heavy atom. The maximum atomic E-state index is 12.5. The quantitative estimate of drug-likeness (QED) is 0.520. The van der Waals surface area contributed by atoms with Crippen LogP contribution in [-0.4, -0.2) is 25.7 Å². The van der Waals surface area contributed by atoms with E-state index in [4.69, 9.17) is 12.2 Å². The highest BCUT2D eigenvalue weighted by atomic mass is 32.1. The monoisotopic (exact) mass is 385 g/mol. The topological polar surface area (TPSA) is 92.7 Å². The first-order chi connectivity index (χ1) is 12.6. The zero-order valence-corrected chi connectivity index (χ0v) is 15.3. The van der Waals surface area contributed by atoms with E-state index in [1.165, 1.54) is 15.9 Å². The van der Waals surface area contributed by atoms with E-state index in [2.05, 4.69) is 27.1 Å². The molecule has 9 heteroatoms. The molecule has 2 heterocycles. The number of rotatable bonds is 5. The smallest absolute Gasteiger partial charge is 0.262 e. The standard InChI is InChI=1S/C17H15N5O2S2/c1-2-7-22-15(24)11-6-5-10(8-12(11)18-17(22)25)13(23)19-16-21-20-14(26-16)9-3-4-9/h2,5-6,8-9H,1,3-4,7H2,(H,18,25)(H,19,21,23). The molecule has 1 saturated carbocycles. The minimum absolute atomic E-state index is 0.214. The molecule has 0 spiro atoms. The summed E-state index contributed by atoms with van der Waals surface area (Å²) in [4.78, 5) is 28.0. The summed E-state index contributed by atoms with van der Waals surface area (Å²) in [5, 5.41) is 12.8. The van der Waals surface area contributed by atoms with Crippen molar-refractivity contribution in [3.05, 3.63) is 56.6 Å². The SMILES string of the molecule is C=CCn1c(=S)[nH]c2cc(C(=O)Nc3nnc(C4CC4)s3)ccc2c1=O. The lowest BCUT2D eigenvalue weighted by molar-refractivity contribution is 0.102. The molecule has 4 rings (SSSR count). The van der Waals surface area contributed by atoms with Crippen molar-refractivity contribution in [2.75, 3.05) is 5.32 Å². The normalized spacial score (nSPS) is 13.7. The third-order valence-corrected chi connectivity index (χ3v) is 5.47. The maximum absolute atomic E-state index is 12.5. The first kappa shape index (κ1) is 16.8. The molecule has 1 aromatic carbocycles. The Hall–Kier alpha value is -2.65. The molecule has 1 amide bonds. The predicted molar refractivity (Wildman–Crippen MR) is 103 cm³/mol. The first-order valence-corrected chi connectivity index (χ1v) is 9.32. The fraction of sp³-hybridized carbons (Fsp3) is 0.235. The van der Waals surface area contributed by atoms with Gasteiger partial charge in [0.1, 0.15) is 5.01 Å². The van der Waals surface area contributed by atoms with Crippen molar-refractivity contribution in [1.29, 1.82) is 0 Å². The van der Waals surface area contributed by atoms with Crippen molar-refractivity contribution < 1.29 is 4.79 Å². The number of benzene rings is 1. The number of nitrogens with one attached hydrogen (secondary N) is 2. The van der Waals surface area contributed by atoms with E-state index in [1.807, 2.05) is 0 Å². The summed E-state index contributed by atoms with van der Waals surface area (Å²) in [5.41, 5.74) is 0.713. The van der Waals surface area contributed by atoms with Crippen LogP contribution in [0.3, 0.4) is 0 Å². The highest BCUT2D eigenvalue weighted by Gasteiger charge is 2.27. The molecular weight excluding hydrogens is 370 g/mol. The van der Waals surface area contributed by atoms with Gasteiger partial charge in [-0.1, -0.05) is 17.4 Å². The number of hydrogen-bond donors (Lipinski definition) is 2. The Kier molecular flexibility index (Phi) is 4.25. The highest BCUT2D eigenvalue weighted by molar-refractivity contribution is 7.71. The lowest BCUT2D eigenvalue weighted by Gasteiger charge is -2.07. The lowest BCUT2D eigenvalue weighted by atomic mass is 10.1. The number of aromatic amines is 1. The van der Waals surface area contributed by atoms with E-state index in [0.717, 1.165) is 17.8 Å². The van der Waals surface area contributed by atoms with Gasteiger partial charge in [-0.15, -0.1) is 16.8 Å². The van der Waals surface area contributed by atoms with Crippen LogP contribution in [-0.2, 0) is 6.54 Å². The van der Waals surface area contributed by atoms with Crippen LogP contribution < -0.4 is 10.9 Å². The second-order valence-corrected chi connectivity index (χ2v) is 7.46. The van der Waals surface area contributed by atoms with Gasteiger partial charge in [0.2, 0.25) is 5.13 Å². The molecule has 0 aliphatic heterocycles. The van der Waals surface area contributed by atoms with Crippen LogP contribution in [0.25, 0.3) is 10.9 Å².